The molecule has 0 saturated heterocycles. The molecule has 0 fully saturated rings. The monoisotopic (exact) mass is 402 g/mol. The first-order valence-electron chi connectivity index (χ1n) is 9.14. The summed E-state index contributed by atoms with van der Waals surface area (Å²) < 4.78 is 11.8. The van der Waals surface area contributed by atoms with E-state index in [2.05, 4.69) is 10.3 Å². The van der Waals surface area contributed by atoms with Gasteiger partial charge >= 0.3 is 17.8 Å². The highest BCUT2D eigenvalue weighted by atomic mass is 16.6. The summed E-state index contributed by atoms with van der Waals surface area (Å²) in [5.74, 6) is -0.434. The Kier molecular flexibility index (Phi) is 7.35. The number of aromatic nitrogens is 2. The van der Waals surface area contributed by atoms with E-state index in [9.17, 15) is 14.4 Å². The maximum Gasteiger partial charge on any atom is 0.407 e. The summed E-state index contributed by atoms with van der Waals surface area (Å²) in [5, 5.41) is 2.61. The van der Waals surface area contributed by atoms with Crippen LogP contribution in [-0.2, 0) is 27.4 Å². The minimum absolute atomic E-state index is 0.00575. The Morgan fingerprint density at radius 2 is 1.90 bits per heavy atom. The van der Waals surface area contributed by atoms with Crippen LogP contribution in [0.5, 0.6) is 0 Å². The number of ether oxygens (including phenoxy) is 2. The second kappa shape index (κ2) is 9.72. The van der Waals surface area contributed by atoms with Crippen molar-refractivity contribution in [2.24, 2.45) is 0 Å². The predicted octanol–water partition coefficient (Wildman–Crippen LogP) is 1.85. The normalized spacial score (nSPS) is 12.1. The highest BCUT2D eigenvalue weighted by Crippen LogP contribution is 2.09. The molecule has 0 radical (unpaired) electrons. The summed E-state index contributed by atoms with van der Waals surface area (Å²) >= 11 is 0. The SMILES string of the molecule is CC(C)(C)OC(=O)N[C@@H](CC(=O)OCc1ccccc1)Cn1ccc(N)nc1=O. The summed E-state index contributed by atoms with van der Waals surface area (Å²) in [6.07, 6.45) is 0.599. The van der Waals surface area contributed by atoms with E-state index in [1.165, 1.54) is 16.8 Å². The molecule has 0 aliphatic carbocycles. The Hall–Kier alpha value is -3.36. The zero-order chi connectivity index (χ0) is 21.4. The van der Waals surface area contributed by atoms with Crippen LogP contribution in [0.2, 0.25) is 0 Å². The number of esters is 1. The number of hydrogen-bond acceptors (Lipinski definition) is 7. The fourth-order valence-corrected chi connectivity index (χ4v) is 2.45. The van der Waals surface area contributed by atoms with Crippen molar-refractivity contribution in [2.75, 3.05) is 5.73 Å². The Morgan fingerprint density at radius 1 is 1.21 bits per heavy atom. The summed E-state index contributed by atoms with van der Waals surface area (Å²) in [6, 6.07) is 9.94. The molecule has 9 heteroatoms. The average molecular weight is 402 g/mol. The van der Waals surface area contributed by atoms with Crippen LogP contribution in [-0.4, -0.2) is 33.3 Å². The van der Waals surface area contributed by atoms with Crippen molar-refractivity contribution in [3.8, 4) is 0 Å². The number of nitrogens with two attached hydrogens (primary N) is 1. The molecule has 2 aromatic rings. The van der Waals surface area contributed by atoms with Gasteiger partial charge in [-0.05, 0) is 32.4 Å². The number of nitrogens with zero attached hydrogens (tertiary/aromatic N) is 2. The summed E-state index contributed by atoms with van der Waals surface area (Å²) in [6.45, 7) is 5.30. The minimum atomic E-state index is -0.740. The second-order valence-electron chi connectivity index (χ2n) is 7.48. The molecule has 29 heavy (non-hydrogen) atoms. The number of nitrogen functional groups attached to an aromatic ring is 1. The molecule has 1 heterocycles. The number of carbonyl (C=O) groups is 2. The Morgan fingerprint density at radius 3 is 2.52 bits per heavy atom. The van der Waals surface area contributed by atoms with E-state index in [4.69, 9.17) is 15.2 Å². The summed E-state index contributed by atoms with van der Waals surface area (Å²) in [7, 11) is 0. The number of anilines is 1. The lowest BCUT2D eigenvalue weighted by Crippen LogP contribution is -2.44. The summed E-state index contributed by atoms with van der Waals surface area (Å²) in [4.78, 5) is 40.1. The third-order valence-electron chi connectivity index (χ3n) is 3.69. The fourth-order valence-electron chi connectivity index (χ4n) is 2.45. The highest BCUT2D eigenvalue weighted by Gasteiger charge is 2.23. The molecule has 3 N–H and O–H groups in total. The topological polar surface area (TPSA) is 126 Å². The lowest BCUT2D eigenvalue weighted by Gasteiger charge is -2.23. The Balaban J connectivity index is 2.05. The molecule has 1 atom stereocenters. The van der Waals surface area contributed by atoms with Crippen LogP contribution in [0.25, 0.3) is 0 Å². The number of hydrogen-bond donors (Lipinski definition) is 2. The second-order valence-corrected chi connectivity index (χ2v) is 7.48. The first-order chi connectivity index (χ1) is 13.6. The van der Waals surface area contributed by atoms with E-state index in [1.807, 2.05) is 30.3 Å². The van der Waals surface area contributed by atoms with Crippen LogP contribution >= 0.6 is 0 Å². The highest BCUT2D eigenvalue weighted by molar-refractivity contribution is 5.73. The molecule has 9 nitrogen and oxygen atoms in total. The number of carbonyl (C=O) groups excluding carboxylic acids is 2. The van der Waals surface area contributed by atoms with Crippen molar-refractivity contribution in [2.45, 2.75) is 52.0 Å². The van der Waals surface area contributed by atoms with Gasteiger partial charge < -0.3 is 20.5 Å². The first-order valence-corrected chi connectivity index (χ1v) is 9.14. The van der Waals surface area contributed by atoms with E-state index in [1.54, 1.807) is 20.8 Å². The lowest BCUT2D eigenvalue weighted by molar-refractivity contribution is -0.145. The van der Waals surface area contributed by atoms with Crippen molar-refractivity contribution in [3.05, 3.63) is 58.6 Å². The van der Waals surface area contributed by atoms with Gasteiger partial charge in [-0.1, -0.05) is 30.3 Å². The third-order valence-corrected chi connectivity index (χ3v) is 3.69. The van der Waals surface area contributed by atoms with Crippen LogP contribution in [0.3, 0.4) is 0 Å². The molecule has 0 bridgehead atoms. The van der Waals surface area contributed by atoms with Gasteiger partial charge in [0.2, 0.25) is 0 Å². The van der Waals surface area contributed by atoms with Crippen LogP contribution in [0, 0.1) is 0 Å². The zero-order valence-electron chi connectivity index (χ0n) is 16.8. The number of alkyl carbamates (subject to hydrolysis) is 1. The quantitative estimate of drug-likeness (QED) is 0.677. The Bertz CT molecular complexity index is 890. The first kappa shape index (κ1) is 21.9. The van der Waals surface area contributed by atoms with Crippen LogP contribution in [0.4, 0.5) is 10.6 Å². The molecule has 1 aromatic carbocycles. The van der Waals surface area contributed by atoms with Gasteiger partial charge in [0.1, 0.15) is 18.0 Å². The zero-order valence-corrected chi connectivity index (χ0v) is 16.8. The number of benzene rings is 1. The van der Waals surface area contributed by atoms with Crippen molar-refractivity contribution < 1.29 is 19.1 Å². The van der Waals surface area contributed by atoms with Gasteiger partial charge in [0.05, 0.1) is 12.5 Å². The predicted molar refractivity (Wildman–Crippen MR) is 107 cm³/mol. The van der Waals surface area contributed by atoms with Gasteiger partial charge in [-0.2, -0.15) is 4.98 Å². The molecule has 2 rings (SSSR count). The molecule has 1 aromatic heterocycles. The van der Waals surface area contributed by atoms with Gasteiger partial charge in [-0.3, -0.25) is 9.36 Å². The molecular weight excluding hydrogens is 376 g/mol. The minimum Gasteiger partial charge on any atom is -0.461 e. The molecule has 0 aliphatic rings. The molecule has 1 amide bonds. The van der Waals surface area contributed by atoms with E-state index in [0.717, 1.165) is 5.56 Å². The smallest absolute Gasteiger partial charge is 0.407 e. The van der Waals surface area contributed by atoms with Crippen molar-refractivity contribution >= 4 is 17.9 Å². The van der Waals surface area contributed by atoms with Gasteiger partial charge in [0.25, 0.3) is 0 Å². The van der Waals surface area contributed by atoms with Crippen molar-refractivity contribution in [1.29, 1.82) is 0 Å². The van der Waals surface area contributed by atoms with Crippen LogP contribution < -0.4 is 16.7 Å². The van der Waals surface area contributed by atoms with Gasteiger partial charge in [-0.15, -0.1) is 0 Å². The van der Waals surface area contributed by atoms with Gasteiger partial charge in [0.15, 0.2) is 0 Å². The maximum atomic E-state index is 12.3. The molecule has 0 spiro atoms. The van der Waals surface area contributed by atoms with Gasteiger partial charge in [0, 0.05) is 12.7 Å². The van der Waals surface area contributed by atoms with E-state index in [0.29, 0.717) is 0 Å². The Labute approximate surface area is 168 Å². The largest absolute Gasteiger partial charge is 0.461 e. The maximum absolute atomic E-state index is 12.3. The van der Waals surface area contributed by atoms with E-state index < -0.39 is 29.4 Å². The lowest BCUT2D eigenvalue weighted by atomic mass is 10.2. The molecule has 0 unspecified atom stereocenters. The fraction of sp³-hybridized carbons (Fsp3) is 0.400. The molecule has 0 saturated carbocycles. The number of amides is 1. The standard InChI is InChI=1S/C20H26N4O5/c1-20(2,3)29-19(27)22-15(12-24-10-9-16(21)23-18(24)26)11-17(25)28-13-14-7-5-4-6-8-14/h4-10,15H,11-13H2,1-3H3,(H,22,27)(H2,21,23,26)/t15-/m0/s1. The van der Waals surface area contributed by atoms with E-state index >= 15 is 0 Å². The van der Waals surface area contributed by atoms with Gasteiger partial charge in [-0.25, -0.2) is 9.59 Å². The molecule has 156 valence electrons. The van der Waals surface area contributed by atoms with E-state index in [-0.39, 0.29) is 25.4 Å². The van der Waals surface area contributed by atoms with Crippen molar-refractivity contribution in [1.82, 2.24) is 14.9 Å². The van der Waals surface area contributed by atoms with Crippen LogP contribution in [0.15, 0.2) is 47.4 Å². The third kappa shape index (κ3) is 8.04. The van der Waals surface area contributed by atoms with Crippen molar-refractivity contribution in [3.63, 3.8) is 0 Å². The number of rotatable bonds is 7. The average Bonchev–Trinajstić information content (AvgIpc) is 2.61. The van der Waals surface area contributed by atoms with Crippen LogP contribution in [0.1, 0.15) is 32.8 Å². The number of nitrogens with one attached hydrogen (secondary N) is 1. The summed E-state index contributed by atoms with van der Waals surface area (Å²) in [5.41, 5.74) is 5.05. The molecule has 0 aliphatic heterocycles. The molecular formula is C20H26N4O5.